The summed E-state index contributed by atoms with van der Waals surface area (Å²) < 4.78 is 8.33. The van der Waals surface area contributed by atoms with Crippen LogP contribution in [0.2, 0.25) is 5.02 Å². The minimum Gasteiger partial charge on any atom is -0.481 e. The van der Waals surface area contributed by atoms with Crippen molar-refractivity contribution >= 4 is 40.2 Å². The van der Waals surface area contributed by atoms with Crippen molar-refractivity contribution in [3.05, 3.63) is 91.3 Å². The van der Waals surface area contributed by atoms with Crippen molar-refractivity contribution in [3.8, 4) is 28.3 Å². The summed E-state index contributed by atoms with van der Waals surface area (Å²) in [6, 6.07) is 14.0. The first-order chi connectivity index (χ1) is 24.6. The molecule has 2 saturated heterocycles. The summed E-state index contributed by atoms with van der Waals surface area (Å²) in [5, 5.41) is 10.2. The molecule has 1 aliphatic carbocycles. The Bertz CT molecular complexity index is 2370. The van der Waals surface area contributed by atoms with Crippen molar-refractivity contribution in [2.75, 3.05) is 32.1 Å². The number of methoxy groups -OCH3 is 1. The predicted octanol–water partition coefficient (Wildman–Crippen LogP) is 4.60. The van der Waals surface area contributed by atoms with Crippen LogP contribution in [0.4, 0.5) is 16.3 Å². The first kappa shape index (κ1) is 32.9. The minimum atomic E-state index is -0.482. The number of rotatable bonds is 6. The van der Waals surface area contributed by atoms with E-state index in [9.17, 15) is 14.4 Å². The SMILES string of the molecule is COc1nc(-c2cccc(-c3cccc(Nc4ncnc5c4c(=O)n(C)c(=O)n5C)c3C)c2Cl)cc2c1[C@H](N1CC[C@]3(CCNC(=O)N3)C1)CC2. The molecule has 3 aromatic heterocycles. The third-order valence-corrected chi connectivity index (χ3v) is 11.2. The highest BCUT2D eigenvalue weighted by atomic mass is 35.5. The fourth-order valence-electron chi connectivity index (χ4n) is 8.10. The molecule has 3 N–H and O–H groups in total. The molecule has 2 amide bonds. The number of urea groups is 1. The lowest BCUT2D eigenvalue weighted by Gasteiger charge is -2.36. The number of ether oxygens (including phenoxy) is 1. The van der Waals surface area contributed by atoms with Gasteiger partial charge in [-0.25, -0.2) is 24.5 Å². The lowest BCUT2D eigenvalue weighted by atomic mass is 9.93. The van der Waals surface area contributed by atoms with Gasteiger partial charge < -0.3 is 20.7 Å². The van der Waals surface area contributed by atoms with Gasteiger partial charge in [-0.05, 0) is 61.4 Å². The number of nitrogens with one attached hydrogen (secondary N) is 3. The highest BCUT2D eigenvalue weighted by Crippen LogP contribution is 2.46. The van der Waals surface area contributed by atoms with E-state index in [1.807, 2.05) is 43.3 Å². The lowest BCUT2D eigenvalue weighted by Crippen LogP contribution is -2.59. The number of amides is 2. The second-order valence-electron chi connectivity index (χ2n) is 13.7. The molecule has 5 heterocycles. The van der Waals surface area contributed by atoms with Gasteiger partial charge in [-0.3, -0.25) is 18.8 Å². The van der Waals surface area contributed by atoms with Crippen molar-refractivity contribution < 1.29 is 9.53 Å². The van der Waals surface area contributed by atoms with E-state index in [4.69, 9.17) is 21.3 Å². The Morgan fingerprint density at radius 1 is 1.02 bits per heavy atom. The van der Waals surface area contributed by atoms with E-state index in [0.29, 0.717) is 23.3 Å². The van der Waals surface area contributed by atoms with Crippen LogP contribution in [-0.4, -0.2) is 67.3 Å². The summed E-state index contributed by atoms with van der Waals surface area (Å²) in [6.45, 7) is 4.38. The molecule has 0 radical (unpaired) electrons. The average Bonchev–Trinajstić information content (AvgIpc) is 3.74. The van der Waals surface area contributed by atoms with E-state index in [1.54, 1.807) is 14.2 Å². The van der Waals surface area contributed by atoms with Crippen LogP contribution in [0, 0.1) is 6.92 Å². The minimum absolute atomic E-state index is 0.0864. The zero-order valence-corrected chi connectivity index (χ0v) is 29.6. The van der Waals surface area contributed by atoms with Gasteiger partial charge in [0.1, 0.15) is 17.5 Å². The first-order valence-corrected chi connectivity index (χ1v) is 17.4. The van der Waals surface area contributed by atoms with Crippen molar-refractivity contribution in [2.24, 2.45) is 14.1 Å². The van der Waals surface area contributed by atoms with Crippen LogP contribution < -0.4 is 31.9 Å². The number of carbonyl (C=O) groups excluding carboxylic acids is 1. The molecule has 14 heteroatoms. The van der Waals surface area contributed by atoms with Gasteiger partial charge in [-0.1, -0.05) is 41.9 Å². The van der Waals surface area contributed by atoms with Crippen LogP contribution in [0.3, 0.4) is 0 Å². The van der Waals surface area contributed by atoms with Crippen molar-refractivity contribution in [2.45, 2.75) is 44.2 Å². The number of carbonyl (C=O) groups is 1. The standard InChI is InChI=1S/C37H38ClN9O4/c1-20-22(7-6-10-25(20)42-31-29-32(41-19-40-31)45(2)36(50)46(3)34(29)48)23-8-5-9-24(30(23)38)26-17-21-11-12-27(28(21)33(43-26)51-4)47-16-14-37(18-47)13-15-39-35(49)44-37/h5-10,17,19,27H,11-16,18H2,1-4H3,(H2,39,44,49)(H,40,41,42)/t27-,37-/m1/s1. The molecule has 51 heavy (non-hydrogen) atoms. The fraction of sp³-hybridized carbons (Fsp3) is 0.351. The van der Waals surface area contributed by atoms with Crippen molar-refractivity contribution in [1.82, 2.24) is 39.6 Å². The predicted molar refractivity (Wildman–Crippen MR) is 196 cm³/mol. The third-order valence-electron chi connectivity index (χ3n) is 10.8. The molecule has 8 rings (SSSR count). The summed E-state index contributed by atoms with van der Waals surface area (Å²) in [7, 11) is 4.67. The largest absolute Gasteiger partial charge is 0.481 e. The van der Waals surface area contributed by atoms with Gasteiger partial charge in [0.15, 0.2) is 5.65 Å². The van der Waals surface area contributed by atoms with Crippen LogP contribution in [0.25, 0.3) is 33.4 Å². The number of likely N-dealkylation sites (tertiary alicyclic amines) is 1. The number of benzene rings is 2. The molecular weight excluding hydrogens is 670 g/mol. The molecule has 0 bridgehead atoms. The number of hydrogen-bond acceptors (Lipinski definition) is 9. The number of anilines is 2. The summed E-state index contributed by atoms with van der Waals surface area (Å²) in [5.74, 6) is 0.901. The van der Waals surface area contributed by atoms with Gasteiger partial charge in [-0.2, -0.15) is 0 Å². The quantitative estimate of drug-likeness (QED) is 0.230. The number of pyridine rings is 1. The molecule has 2 fully saturated rings. The molecule has 2 aromatic carbocycles. The Hall–Kier alpha value is -5.27. The molecule has 5 aromatic rings. The summed E-state index contributed by atoms with van der Waals surface area (Å²) in [4.78, 5) is 53.9. The normalized spacial score (nSPS) is 20.0. The van der Waals surface area contributed by atoms with Crippen molar-refractivity contribution in [1.29, 1.82) is 0 Å². The van der Waals surface area contributed by atoms with Crippen LogP contribution in [0.15, 0.2) is 58.4 Å². The molecule has 2 atom stereocenters. The van der Waals surface area contributed by atoms with Crippen LogP contribution >= 0.6 is 11.6 Å². The number of fused-ring (bicyclic) bond motifs is 2. The summed E-state index contributed by atoms with van der Waals surface area (Å²) >= 11 is 7.24. The topological polar surface area (TPSA) is 148 Å². The van der Waals surface area contributed by atoms with Gasteiger partial charge in [0, 0.05) is 62.1 Å². The second-order valence-corrected chi connectivity index (χ2v) is 14.1. The van der Waals surface area contributed by atoms with E-state index in [-0.39, 0.29) is 28.6 Å². The maximum Gasteiger partial charge on any atom is 0.332 e. The molecule has 0 unspecified atom stereocenters. The average molecular weight is 708 g/mol. The number of aryl methyl sites for hydroxylation is 2. The van der Waals surface area contributed by atoms with Gasteiger partial charge in [0.05, 0.1) is 23.4 Å². The fourth-order valence-corrected chi connectivity index (χ4v) is 8.43. The van der Waals surface area contributed by atoms with E-state index in [1.165, 1.54) is 23.5 Å². The molecule has 2 aliphatic heterocycles. The Balaban J connectivity index is 1.12. The van der Waals surface area contributed by atoms with E-state index >= 15 is 0 Å². The number of hydrogen-bond donors (Lipinski definition) is 3. The summed E-state index contributed by atoms with van der Waals surface area (Å²) in [6.07, 6.45) is 5.01. The number of nitrogens with zero attached hydrogens (tertiary/aromatic N) is 6. The van der Waals surface area contributed by atoms with Crippen molar-refractivity contribution in [3.63, 3.8) is 0 Å². The van der Waals surface area contributed by atoms with Crippen LogP contribution in [0.5, 0.6) is 5.88 Å². The van der Waals surface area contributed by atoms with Gasteiger partial charge >= 0.3 is 11.7 Å². The smallest absolute Gasteiger partial charge is 0.332 e. The van der Waals surface area contributed by atoms with Crippen LogP contribution in [-0.2, 0) is 20.5 Å². The third kappa shape index (κ3) is 5.42. The van der Waals surface area contributed by atoms with Gasteiger partial charge in [-0.15, -0.1) is 0 Å². The maximum atomic E-state index is 13.2. The van der Waals surface area contributed by atoms with Crippen LogP contribution in [0.1, 0.15) is 42.0 Å². The number of halogens is 1. The lowest BCUT2D eigenvalue weighted by molar-refractivity contribution is 0.187. The van der Waals surface area contributed by atoms with Gasteiger partial charge in [0.25, 0.3) is 5.56 Å². The zero-order chi connectivity index (χ0) is 35.6. The molecule has 0 saturated carbocycles. The van der Waals surface area contributed by atoms with E-state index in [2.05, 4.69) is 36.9 Å². The van der Waals surface area contributed by atoms with E-state index in [0.717, 1.165) is 82.5 Å². The summed E-state index contributed by atoms with van der Waals surface area (Å²) in [5.41, 5.74) is 6.28. The molecule has 3 aliphatic rings. The molecule has 1 spiro atoms. The Labute approximate surface area is 298 Å². The zero-order valence-electron chi connectivity index (χ0n) is 28.8. The Morgan fingerprint density at radius 3 is 2.61 bits per heavy atom. The Kier molecular flexibility index (Phi) is 8.06. The molecule has 13 nitrogen and oxygen atoms in total. The maximum absolute atomic E-state index is 13.2. The number of aromatic nitrogens is 5. The Morgan fingerprint density at radius 2 is 1.80 bits per heavy atom. The second kappa shape index (κ2) is 12.5. The molecular formula is C37H38ClN9O4. The molecule has 262 valence electrons. The highest BCUT2D eigenvalue weighted by Gasteiger charge is 2.45. The monoisotopic (exact) mass is 707 g/mol. The first-order valence-electron chi connectivity index (χ1n) is 17.0. The van der Waals surface area contributed by atoms with E-state index < -0.39 is 11.2 Å². The van der Waals surface area contributed by atoms with Gasteiger partial charge in [0.2, 0.25) is 5.88 Å². The highest BCUT2D eigenvalue weighted by molar-refractivity contribution is 6.36.